The average Bonchev–Trinajstić information content (AvgIpc) is 2.26. The number of ether oxygens (including phenoxy) is 1. The highest BCUT2D eigenvalue weighted by Gasteiger charge is 2.21. The van der Waals surface area contributed by atoms with Crippen LogP contribution in [0.3, 0.4) is 0 Å². The molecule has 17 heavy (non-hydrogen) atoms. The average molecular weight is 262 g/mol. The van der Waals surface area contributed by atoms with Gasteiger partial charge in [-0.3, -0.25) is 0 Å². The summed E-state index contributed by atoms with van der Waals surface area (Å²) in [6.07, 6.45) is 0. The van der Waals surface area contributed by atoms with E-state index in [1.807, 2.05) is 0 Å². The highest BCUT2D eigenvalue weighted by atomic mass is 32.2. The van der Waals surface area contributed by atoms with E-state index in [9.17, 15) is 17.6 Å². The van der Waals surface area contributed by atoms with Crippen LogP contribution in [0.4, 0.5) is 4.39 Å². The van der Waals surface area contributed by atoms with E-state index in [1.54, 1.807) is 6.92 Å². The monoisotopic (exact) mass is 262 g/mol. The first-order chi connectivity index (χ1) is 7.88. The largest absolute Gasteiger partial charge is 0.478 e. The number of aromatic carboxylic acids is 1. The van der Waals surface area contributed by atoms with Gasteiger partial charge in [-0.25, -0.2) is 17.6 Å². The molecule has 0 fully saturated rings. The van der Waals surface area contributed by atoms with Crippen LogP contribution in [0.25, 0.3) is 0 Å². The van der Waals surface area contributed by atoms with Gasteiger partial charge in [0.25, 0.3) is 0 Å². The maximum Gasteiger partial charge on any atom is 0.335 e. The van der Waals surface area contributed by atoms with Crippen LogP contribution < -0.4 is 0 Å². The predicted molar refractivity (Wildman–Crippen MR) is 57.0 cm³/mol. The number of halogens is 1. The second-order valence-corrected chi connectivity index (χ2v) is 5.08. The third-order valence-corrected chi connectivity index (χ3v) is 3.42. The molecular weight excluding hydrogens is 251 g/mol. The van der Waals surface area contributed by atoms with Crippen molar-refractivity contribution in [2.24, 2.45) is 0 Å². The van der Waals surface area contributed by atoms with E-state index in [1.165, 1.54) is 0 Å². The molecule has 0 radical (unpaired) electrons. The van der Waals surface area contributed by atoms with E-state index < -0.39 is 32.5 Å². The molecule has 0 saturated carbocycles. The van der Waals surface area contributed by atoms with Crippen molar-refractivity contribution in [2.75, 3.05) is 12.5 Å². The number of rotatable bonds is 5. The summed E-state index contributed by atoms with van der Waals surface area (Å²) in [6.45, 7) is 1.76. The van der Waals surface area contributed by atoms with E-state index in [0.717, 1.165) is 18.2 Å². The molecule has 0 heterocycles. The van der Waals surface area contributed by atoms with Crippen molar-refractivity contribution in [1.29, 1.82) is 0 Å². The molecule has 1 N–H and O–H groups in total. The van der Waals surface area contributed by atoms with Crippen LogP contribution >= 0.6 is 0 Å². The Morgan fingerprint density at radius 2 is 2.12 bits per heavy atom. The fourth-order valence-corrected chi connectivity index (χ4v) is 2.32. The fourth-order valence-electron chi connectivity index (χ4n) is 1.13. The van der Waals surface area contributed by atoms with Crippen molar-refractivity contribution in [3.05, 3.63) is 29.6 Å². The summed E-state index contributed by atoms with van der Waals surface area (Å²) in [5.74, 6) is -2.99. The zero-order valence-electron chi connectivity index (χ0n) is 9.01. The Bertz CT molecular complexity index is 523. The van der Waals surface area contributed by atoms with Crippen LogP contribution in [0.1, 0.15) is 17.3 Å². The summed E-state index contributed by atoms with van der Waals surface area (Å²) in [4.78, 5) is 10.00. The molecule has 7 heteroatoms. The molecule has 0 aliphatic rings. The van der Waals surface area contributed by atoms with Crippen molar-refractivity contribution < 1.29 is 27.4 Å². The summed E-state index contributed by atoms with van der Waals surface area (Å²) in [7, 11) is -3.97. The lowest BCUT2D eigenvalue weighted by atomic mass is 10.2. The van der Waals surface area contributed by atoms with Crippen molar-refractivity contribution in [2.45, 2.75) is 11.8 Å². The van der Waals surface area contributed by atoms with Gasteiger partial charge >= 0.3 is 5.97 Å². The Morgan fingerprint density at radius 3 is 2.65 bits per heavy atom. The lowest BCUT2D eigenvalue weighted by Crippen LogP contribution is -2.13. The Morgan fingerprint density at radius 1 is 1.47 bits per heavy atom. The number of sulfone groups is 1. The van der Waals surface area contributed by atoms with Gasteiger partial charge in [-0.05, 0) is 25.1 Å². The van der Waals surface area contributed by atoms with Crippen LogP contribution in [-0.4, -0.2) is 32.0 Å². The van der Waals surface area contributed by atoms with E-state index in [-0.39, 0.29) is 12.2 Å². The standard InChI is InChI=1S/C10H11FO5S/c1-2-16-6-17(14,15)9-5-7(10(12)13)3-4-8(9)11/h3-5H,2,6H2,1H3,(H,12,13). The van der Waals surface area contributed by atoms with Crippen molar-refractivity contribution in [3.8, 4) is 0 Å². The molecule has 1 rings (SSSR count). The minimum absolute atomic E-state index is 0.166. The Labute approximate surface area is 97.8 Å². The van der Waals surface area contributed by atoms with Gasteiger partial charge in [0.05, 0.1) is 5.56 Å². The summed E-state index contributed by atoms with van der Waals surface area (Å²) in [5, 5.41) is 8.69. The van der Waals surface area contributed by atoms with Crippen molar-refractivity contribution in [1.82, 2.24) is 0 Å². The number of hydrogen-bond donors (Lipinski definition) is 1. The molecule has 0 unspecified atom stereocenters. The van der Waals surface area contributed by atoms with Gasteiger partial charge in [0.1, 0.15) is 10.7 Å². The highest BCUT2D eigenvalue weighted by Crippen LogP contribution is 2.18. The van der Waals surface area contributed by atoms with Gasteiger partial charge in [-0.15, -0.1) is 0 Å². The van der Waals surface area contributed by atoms with Gasteiger partial charge in [0, 0.05) is 6.61 Å². The quantitative estimate of drug-likeness (QED) is 0.864. The van der Waals surface area contributed by atoms with E-state index in [4.69, 9.17) is 9.84 Å². The zero-order chi connectivity index (χ0) is 13.1. The third kappa shape index (κ3) is 3.24. The second-order valence-electron chi connectivity index (χ2n) is 3.18. The van der Waals surface area contributed by atoms with Crippen molar-refractivity contribution >= 4 is 15.8 Å². The molecule has 0 aliphatic heterocycles. The SMILES string of the molecule is CCOCS(=O)(=O)c1cc(C(=O)O)ccc1F. The number of hydrogen-bond acceptors (Lipinski definition) is 4. The first-order valence-corrected chi connectivity index (χ1v) is 6.37. The smallest absolute Gasteiger partial charge is 0.335 e. The maximum atomic E-state index is 13.3. The minimum atomic E-state index is -3.97. The first kappa shape index (κ1) is 13.6. The number of carboxylic acids is 1. The molecule has 0 saturated heterocycles. The summed E-state index contributed by atoms with van der Waals surface area (Å²) < 4.78 is 41.3. The first-order valence-electron chi connectivity index (χ1n) is 4.72. The maximum absolute atomic E-state index is 13.3. The Hall–Kier alpha value is -1.47. The molecule has 5 nitrogen and oxygen atoms in total. The normalized spacial score (nSPS) is 11.4. The molecule has 1 aromatic carbocycles. The number of carbonyl (C=O) groups is 1. The minimum Gasteiger partial charge on any atom is -0.478 e. The predicted octanol–water partition coefficient (Wildman–Crippen LogP) is 1.29. The second kappa shape index (κ2) is 5.24. The fraction of sp³-hybridized carbons (Fsp3) is 0.300. The summed E-state index contributed by atoms with van der Waals surface area (Å²) in [5.41, 5.74) is -0.290. The summed E-state index contributed by atoms with van der Waals surface area (Å²) >= 11 is 0. The molecule has 0 bridgehead atoms. The molecule has 0 amide bonds. The molecule has 0 atom stereocenters. The molecule has 0 aromatic heterocycles. The van der Waals surface area contributed by atoms with Gasteiger partial charge in [0.15, 0.2) is 5.94 Å². The zero-order valence-corrected chi connectivity index (χ0v) is 9.83. The topological polar surface area (TPSA) is 80.7 Å². The molecule has 0 aliphatic carbocycles. The lowest BCUT2D eigenvalue weighted by molar-refractivity contribution is 0.0696. The number of benzene rings is 1. The van der Waals surface area contributed by atoms with Crippen LogP contribution in [0.15, 0.2) is 23.1 Å². The molecule has 1 aromatic rings. The van der Waals surface area contributed by atoms with E-state index in [2.05, 4.69) is 0 Å². The number of carboxylic acid groups (broad SMARTS) is 1. The molecule has 94 valence electrons. The van der Waals surface area contributed by atoms with Crippen LogP contribution in [0, 0.1) is 5.82 Å². The van der Waals surface area contributed by atoms with Gasteiger partial charge in [0.2, 0.25) is 9.84 Å². The van der Waals surface area contributed by atoms with Gasteiger partial charge in [-0.2, -0.15) is 0 Å². The summed E-state index contributed by atoms with van der Waals surface area (Å²) in [6, 6.07) is 2.59. The van der Waals surface area contributed by atoms with Crippen LogP contribution in [0.5, 0.6) is 0 Å². The highest BCUT2D eigenvalue weighted by molar-refractivity contribution is 7.91. The van der Waals surface area contributed by atoms with Gasteiger partial charge < -0.3 is 9.84 Å². The van der Waals surface area contributed by atoms with Gasteiger partial charge in [-0.1, -0.05) is 0 Å². The Balaban J connectivity index is 3.20. The van der Waals surface area contributed by atoms with Crippen molar-refractivity contribution in [3.63, 3.8) is 0 Å². The Kier molecular flexibility index (Phi) is 4.19. The van der Waals surface area contributed by atoms with E-state index >= 15 is 0 Å². The third-order valence-electron chi connectivity index (χ3n) is 1.96. The van der Waals surface area contributed by atoms with E-state index in [0.29, 0.717) is 0 Å². The molecule has 0 spiro atoms. The van der Waals surface area contributed by atoms with Crippen LogP contribution in [0.2, 0.25) is 0 Å². The van der Waals surface area contributed by atoms with Crippen LogP contribution in [-0.2, 0) is 14.6 Å². The molecular formula is C10H11FO5S. The lowest BCUT2D eigenvalue weighted by Gasteiger charge is -2.06.